The van der Waals surface area contributed by atoms with E-state index in [1.807, 2.05) is 0 Å². The molecule has 1 aromatic rings. The third-order valence-electron chi connectivity index (χ3n) is 1.57. The van der Waals surface area contributed by atoms with Crippen molar-refractivity contribution in [2.24, 2.45) is 0 Å². The Morgan fingerprint density at radius 1 is 1.50 bits per heavy atom. The molecule has 0 fully saturated rings. The van der Waals surface area contributed by atoms with Crippen LogP contribution in [0.25, 0.3) is 0 Å². The number of carbonyl (C=O) groups excluding carboxylic acids is 1. The van der Waals surface area contributed by atoms with Gasteiger partial charge in [-0.25, -0.2) is 4.79 Å². The molecule has 0 aliphatic carbocycles. The second kappa shape index (κ2) is 7.24. The Morgan fingerprint density at radius 2 is 2.31 bits per heavy atom. The van der Waals surface area contributed by atoms with Crippen molar-refractivity contribution in [3.63, 3.8) is 0 Å². The topological polar surface area (TPSA) is 74.5 Å². The summed E-state index contributed by atoms with van der Waals surface area (Å²) >= 11 is 1.39. The SMILES string of the molecule is CCOC(=O)c1nnc(SCCCOC)o1. The number of ether oxygens (including phenoxy) is 2. The summed E-state index contributed by atoms with van der Waals surface area (Å²) in [6.07, 6.45) is 0.887. The number of rotatable bonds is 7. The van der Waals surface area contributed by atoms with Crippen molar-refractivity contribution in [1.29, 1.82) is 0 Å². The summed E-state index contributed by atoms with van der Waals surface area (Å²) in [6, 6.07) is 0. The quantitative estimate of drug-likeness (QED) is 0.408. The van der Waals surface area contributed by atoms with Crippen LogP contribution in [-0.2, 0) is 9.47 Å². The zero-order valence-corrected chi connectivity index (χ0v) is 10.1. The second-order valence-corrected chi connectivity index (χ2v) is 3.83. The van der Waals surface area contributed by atoms with E-state index >= 15 is 0 Å². The highest BCUT2D eigenvalue weighted by atomic mass is 32.2. The third-order valence-corrected chi connectivity index (χ3v) is 2.48. The van der Waals surface area contributed by atoms with Gasteiger partial charge in [-0.15, -0.1) is 5.10 Å². The molecule has 7 heteroatoms. The Morgan fingerprint density at radius 3 is 3.00 bits per heavy atom. The minimum absolute atomic E-state index is 0.101. The van der Waals surface area contributed by atoms with Crippen molar-refractivity contribution >= 4 is 17.7 Å². The molecular formula is C9H14N2O4S. The lowest BCUT2D eigenvalue weighted by atomic mass is 10.5. The Balaban J connectivity index is 2.36. The largest absolute Gasteiger partial charge is 0.459 e. The maximum Gasteiger partial charge on any atom is 0.396 e. The van der Waals surface area contributed by atoms with Gasteiger partial charge in [-0.2, -0.15) is 0 Å². The molecule has 6 nitrogen and oxygen atoms in total. The van der Waals surface area contributed by atoms with E-state index in [2.05, 4.69) is 10.2 Å². The van der Waals surface area contributed by atoms with Gasteiger partial charge in [0.05, 0.1) is 6.61 Å². The molecule has 90 valence electrons. The van der Waals surface area contributed by atoms with Crippen LogP contribution in [0, 0.1) is 0 Å². The monoisotopic (exact) mass is 246 g/mol. The fraction of sp³-hybridized carbons (Fsp3) is 0.667. The summed E-state index contributed by atoms with van der Waals surface area (Å²) in [6.45, 7) is 2.69. The Labute approximate surface area is 97.7 Å². The molecule has 0 unspecified atom stereocenters. The van der Waals surface area contributed by atoms with E-state index in [1.165, 1.54) is 11.8 Å². The van der Waals surface area contributed by atoms with E-state index in [1.54, 1.807) is 14.0 Å². The third kappa shape index (κ3) is 4.19. The first-order valence-electron chi connectivity index (χ1n) is 4.90. The van der Waals surface area contributed by atoms with Crippen molar-refractivity contribution < 1.29 is 18.7 Å². The summed E-state index contributed by atoms with van der Waals surface area (Å²) in [5.41, 5.74) is 0. The summed E-state index contributed by atoms with van der Waals surface area (Å²) in [7, 11) is 1.65. The van der Waals surface area contributed by atoms with Gasteiger partial charge < -0.3 is 13.9 Å². The second-order valence-electron chi connectivity index (χ2n) is 2.79. The van der Waals surface area contributed by atoms with Gasteiger partial charge in [0, 0.05) is 19.5 Å². The van der Waals surface area contributed by atoms with Crippen molar-refractivity contribution in [2.45, 2.75) is 18.6 Å². The highest BCUT2D eigenvalue weighted by Gasteiger charge is 2.15. The predicted molar refractivity (Wildman–Crippen MR) is 57.5 cm³/mol. The zero-order chi connectivity index (χ0) is 11.8. The molecule has 0 saturated carbocycles. The lowest BCUT2D eigenvalue weighted by Gasteiger charge is -1.96. The van der Waals surface area contributed by atoms with Crippen LogP contribution < -0.4 is 0 Å². The number of nitrogens with zero attached hydrogens (tertiary/aromatic N) is 2. The Kier molecular flexibility index (Phi) is 5.87. The fourth-order valence-electron chi connectivity index (χ4n) is 0.906. The van der Waals surface area contributed by atoms with Crippen molar-refractivity contribution in [3.05, 3.63) is 5.89 Å². The molecule has 0 aromatic carbocycles. The Hall–Kier alpha value is -1.08. The van der Waals surface area contributed by atoms with Crippen LogP contribution >= 0.6 is 11.8 Å². The molecule has 1 rings (SSSR count). The first kappa shape index (κ1) is 13.0. The molecule has 0 radical (unpaired) electrons. The maximum atomic E-state index is 11.2. The van der Waals surface area contributed by atoms with Crippen LogP contribution in [0.2, 0.25) is 0 Å². The van der Waals surface area contributed by atoms with Crippen LogP contribution in [0.4, 0.5) is 0 Å². The number of thioether (sulfide) groups is 1. The van der Waals surface area contributed by atoms with Crippen molar-refractivity contribution in [1.82, 2.24) is 10.2 Å². The highest BCUT2D eigenvalue weighted by Crippen LogP contribution is 2.17. The molecular weight excluding hydrogens is 232 g/mol. The van der Waals surface area contributed by atoms with Gasteiger partial charge in [-0.1, -0.05) is 16.9 Å². The van der Waals surface area contributed by atoms with Gasteiger partial charge in [0.15, 0.2) is 0 Å². The molecule has 16 heavy (non-hydrogen) atoms. The van der Waals surface area contributed by atoms with Gasteiger partial charge in [-0.05, 0) is 13.3 Å². The highest BCUT2D eigenvalue weighted by molar-refractivity contribution is 7.99. The maximum absolute atomic E-state index is 11.2. The molecule has 0 N–H and O–H groups in total. The summed E-state index contributed by atoms with van der Waals surface area (Å²) in [5, 5.41) is 7.69. The molecule has 1 aromatic heterocycles. The average molecular weight is 246 g/mol. The van der Waals surface area contributed by atoms with Crippen molar-refractivity contribution in [3.8, 4) is 0 Å². The Bertz CT molecular complexity index is 329. The van der Waals surface area contributed by atoms with E-state index < -0.39 is 5.97 Å². The standard InChI is InChI=1S/C9H14N2O4S/c1-3-14-8(12)7-10-11-9(15-7)16-6-4-5-13-2/h3-6H2,1-2H3. The zero-order valence-electron chi connectivity index (χ0n) is 9.26. The number of hydrogen-bond donors (Lipinski definition) is 0. The minimum atomic E-state index is -0.584. The number of esters is 1. The molecule has 0 aliphatic rings. The average Bonchev–Trinajstić information content (AvgIpc) is 2.73. The van der Waals surface area contributed by atoms with Crippen LogP contribution in [0.3, 0.4) is 0 Å². The van der Waals surface area contributed by atoms with Crippen LogP contribution in [0.1, 0.15) is 24.0 Å². The minimum Gasteiger partial charge on any atom is -0.459 e. The molecule has 0 saturated heterocycles. The number of methoxy groups -OCH3 is 1. The van der Waals surface area contributed by atoms with Gasteiger partial charge in [-0.3, -0.25) is 0 Å². The molecule has 0 bridgehead atoms. The van der Waals surface area contributed by atoms with Crippen LogP contribution in [0.5, 0.6) is 0 Å². The lowest BCUT2D eigenvalue weighted by Crippen LogP contribution is -2.04. The fourth-order valence-corrected chi connectivity index (χ4v) is 1.58. The smallest absolute Gasteiger partial charge is 0.396 e. The summed E-state index contributed by atoms with van der Waals surface area (Å²) in [5.74, 6) is 0.119. The normalized spacial score (nSPS) is 10.4. The lowest BCUT2D eigenvalue weighted by molar-refractivity contribution is 0.0475. The van der Waals surface area contributed by atoms with E-state index in [0.717, 1.165) is 12.2 Å². The summed E-state index contributed by atoms with van der Waals surface area (Å²) < 4.78 is 14.7. The first-order chi connectivity index (χ1) is 7.77. The molecule has 0 spiro atoms. The molecule has 0 atom stereocenters. The molecule has 1 heterocycles. The van der Waals surface area contributed by atoms with E-state index in [4.69, 9.17) is 13.9 Å². The van der Waals surface area contributed by atoms with Crippen LogP contribution in [-0.4, -0.2) is 42.2 Å². The van der Waals surface area contributed by atoms with Gasteiger partial charge >= 0.3 is 11.9 Å². The summed E-state index contributed by atoms with van der Waals surface area (Å²) in [4.78, 5) is 11.2. The van der Waals surface area contributed by atoms with Crippen molar-refractivity contribution in [2.75, 3.05) is 26.1 Å². The van der Waals surface area contributed by atoms with E-state index in [0.29, 0.717) is 11.8 Å². The van der Waals surface area contributed by atoms with E-state index in [-0.39, 0.29) is 12.5 Å². The van der Waals surface area contributed by atoms with Gasteiger partial charge in [0.1, 0.15) is 0 Å². The molecule has 0 aliphatic heterocycles. The predicted octanol–water partition coefficient (Wildman–Crippen LogP) is 1.37. The van der Waals surface area contributed by atoms with E-state index in [9.17, 15) is 4.79 Å². The van der Waals surface area contributed by atoms with Gasteiger partial charge in [0.25, 0.3) is 5.22 Å². The number of carbonyl (C=O) groups is 1. The first-order valence-corrected chi connectivity index (χ1v) is 5.88. The molecule has 0 amide bonds. The van der Waals surface area contributed by atoms with Gasteiger partial charge in [0.2, 0.25) is 0 Å². The number of aromatic nitrogens is 2. The van der Waals surface area contributed by atoms with Crippen LogP contribution in [0.15, 0.2) is 9.64 Å². The number of hydrogen-bond acceptors (Lipinski definition) is 7.